The van der Waals surface area contributed by atoms with Crippen LogP contribution >= 0.6 is 0 Å². The number of aryl methyl sites for hydroxylation is 1. The van der Waals surface area contributed by atoms with Crippen molar-refractivity contribution in [2.24, 2.45) is 5.73 Å². The van der Waals surface area contributed by atoms with Crippen molar-refractivity contribution < 1.29 is 4.79 Å². The summed E-state index contributed by atoms with van der Waals surface area (Å²) in [5, 5.41) is 10.3. The molecule has 1 saturated carbocycles. The van der Waals surface area contributed by atoms with Crippen LogP contribution in [0.1, 0.15) is 48.0 Å². The average Bonchev–Trinajstić information content (AvgIpc) is 3.42. The first-order chi connectivity index (χ1) is 14.5. The fraction of sp³-hybridized carbons (Fsp3) is 0.524. The van der Waals surface area contributed by atoms with Gasteiger partial charge in [-0.1, -0.05) is 18.9 Å². The molecule has 1 aromatic heterocycles. The third-order valence-electron chi connectivity index (χ3n) is 5.86. The smallest absolute Gasteiger partial charge is 0.248 e. The summed E-state index contributed by atoms with van der Waals surface area (Å²) in [4.78, 5) is 27.5. The maximum absolute atomic E-state index is 11.7. The van der Waals surface area contributed by atoms with Gasteiger partial charge in [0.2, 0.25) is 23.8 Å². The zero-order valence-electron chi connectivity index (χ0n) is 17.6. The van der Waals surface area contributed by atoms with Crippen molar-refractivity contribution in [3.8, 4) is 0 Å². The Labute approximate surface area is 176 Å². The zero-order valence-corrected chi connectivity index (χ0v) is 17.6. The Morgan fingerprint density at radius 3 is 2.43 bits per heavy atom. The molecule has 1 aromatic carbocycles. The predicted molar refractivity (Wildman–Crippen MR) is 118 cm³/mol. The number of amides is 1. The Morgan fingerprint density at radius 2 is 1.80 bits per heavy atom. The van der Waals surface area contributed by atoms with E-state index in [0.29, 0.717) is 35.5 Å². The second-order valence-corrected chi connectivity index (χ2v) is 8.17. The van der Waals surface area contributed by atoms with Crippen molar-refractivity contribution >= 4 is 29.4 Å². The summed E-state index contributed by atoms with van der Waals surface area (Å²) in [6.07, 6.45) is 5.75. The molecule has 4 rings (SSSR count). The van der Waals surface area contributed by atoms with Gasteiger partial charge in [-0.3, -0.25) is 4.79 Å². The molecule has 9 heteroatoms. The first-order valence-corrected chi connectivity index (χ1v) is 10.6. The molecule has 1 amide bonds. The van der Waals surface area contributed by atoms with Crippen LogP contribution in [0.25, 0.3) is 0 Å². The minimum atomic E-state index is -0.458. The number of nitrogens with zero attached hydrogens (tertiary/aromatic N) is 4. The van der Waals surface area contributed by atoms with Gasteiger partial charge < -0.3 is 26.6 Å². The van der Waals surface area contributed by atoms with Gasteiger partial charge in [0.25, 0.3) is 0 Å². The van der Waals surface area contributed by atoms with E-state index < -0.39 is 5.91 Å². The van der Waals surface area contributed by atoms with Gasteiger partial charge >= 0.3 is 0 Å². The number of primary amides is 1. The van der Waals surface area contributed by atoms with Crippen LogP contribution in [0.4, 0.5) is 23.5 Å². The van der Waals surface area contributed by atoms with Gasteiger partial charge in [0.05, 0.1) is 0 Å². The Morgan fingerprint density at radius 1 is 1.10 bits per heavy atom. The molecular weight excluding hydrogens is 380 g/mol. The molecule has 1 aliphatic carbocycles. The van der Waals surface area contributed by atoms with E-state index in [2.05, 4.69) is 30.9 Å². The largest absolute Gasteiger partial charge is 0.366 e. The monoisotopic (exact) mass is 410 g/mol. The fourth-order valence-electron chi connectivity index (χ4n) is 4.09. The second-order valence-electron chi connectivity index (χ2n) is 8.17. The molecule has 1 aliphatic heterocycles. The van der Waals surface area contributed by atoms with Crippen LogP contribution in [0.3, 0.4) is 0 Å². The van der Waals surface area contributed by atoms with Crippen LogP contribution < -0.4 is 26.6 Å². The predicted octanol–water partition coefficient (Wildman–Crippen LogP) is 2.18. The van der Waals surface area contributed by atoms with Gasteiger partial charge in [0.1, 0.15) is 0 Å². The maximum Gasteiger partial charge on any atom is 0.248 e. The number of nitrogens with one attached hydrogen (secondary N) is 3. The van der Waals surface area contributed by atoms with Crippen molar-refractivity contribution in [1.29, 1.82) is 0 Å². The highest BCUT2D eigenvalue weighted by molar-refractivity contribution is 5.94. The molecule has 5 N–H and O–H groups in total. The molecule has 0 unspecified atom stereocenters. The number of hydrogen-bond donors (Lipinski definition) is 4. The third-order valence-corrected chi connectivity index (χ3v) is 5.86. The van der Waals surface area contributed by atoms with Gasteiger partial charge in [-0.05, 0) is 50.4 Å². The standard InChI is InChI=1S/C21H30N8O/c1-13-7-8-14(18(22)30)11-17(13)29(2)21-27-19(24-15-5-3-4-6-15)26-20(28-21)25-16-9-10-23-12-16/h7-8,11,15-16,23H,3-6,9-10,12H2,1-2H3,(H2,22,30)(H2,24,25,26,27,28)/t16-/m1/s1. The van der Waals surface area contributed by atoms with E-state index in [-0.39, 0.29) is 0 Å². The topological polar surface area (TPSA) is 121 Å². The lowest BCUT2D eigenvalue weighted by Gasteiger charge is -2.22. The maximum atomic E-state index is 11.7. The summed E-state index contributed by atoms with van der Waals surface area (Å²) < 4.78 is 0. The fourth-order valence-corrected chi connectivity index (χ4v) is 4.09. The number of carbonyl (C=O) groups is 1. The molecule has 30 heavy (non-hydrogen) atoms. The lowest BCUT2D eigenvalue weighted by molar-refractivity contribution is 0.100. The molecule has 1 atom stereocenters. The molecule has 0 bridgehead atoms. The van der Waals surface area contributed by atoms with Crippen LogP contribution in [0, 0.1) is 6.92 Å². The first kappa shape index (κ1) is 20.3. The van der Waals surface area contributed by atoms with Crippen molar-refractivity contribution in [3.05, 3.63) is 29.3 Å². The van der Waals surface area contributed by atoms with Crippen molar-refractivity contribution in [2.45, 2.75) is 51.1 Å². The number of anilines is 4. The van der Waals surface area contributed by atoms with Crippen LogP contribution in [0.2, 0.25) is 0 Å². The summed E-state index contributed by atoms with van der Waals surface area (Å²) in [5.41, 5.74) is 7.77. The average molecular weight is 411 g/mol. The van der Waals surface area contributed by atoms with Crippen LogP contribution in [0.5, 0.6) is 0 Å². The molecule has 0 radical (unpaired) electrons. The quantitative estimate of drug-likeness (QED) is 0.548. The van der Waals surface area contributed by atoms with E-state index in [4.69, 9.17) is 5.73 Å². The van der Waals surface area contributed by atoms with Gasteiger partial charge in [-0.15, -0.1) is 0 Å². The molecule has 2 aliphatic rings. The summed E-state index contributed by atoms with van der Waals surface area (Å²) in [6, 6.07) is 6.08. The number of nitrogens with two attached hydrogens (primary N) is 1. The zero-order chi connectivity index (χ0) is 21.1. The van der Waals surface area contributed by atoms with Gasteiger partial charge in [0, 0.05) is 36.9 Å². The lowest BCUT2D eigenvalue weighted by atomic mass is 10.1. The number of aromatic nitrogens is 3. The number of hydrogen-bond acceptors (Lipinski definition) is 8. The van der Waals surface area contributed by atoms with E-state index in [0.717, 1.165) is 43.6 Å². The summed E-state index contributed by atoms with van der Waals surface area (Å²) in [5.74, 6) is 1.20. The van der Waals surface area contributed by atoms with E-state index in [9.17, 15) is 4.79 Å². The highest BCUT2D eigenvalue weighted by atomic mass is 16.1. The summed E-state index contributed by atoms with van der Waals surface area (Å²) >= 11 is 0. The lowest BCUT2D eigenvalue weighted by Crippen LogP contribution is -2.26. The van der Waals surface area contributed by atoms with E-state index in [1.165, 1.54) is 12.8 Å². The number of rotatable bonds is 7. The Kier molecular flexibility index (Phi) is 5.98. The molecule has 2 fully saturated rings. The highest BCUT2D eigenvalue weighted by Gasteiger charge is 2.21. The van der Waals surface area contributed by atoms with Crippen molar-refractivity contribution in [2.75, 3.05) is 35.7 Å². The number of benzene rings is 1. The molecule has 9 nitrogen and oxygen atoms in total. The van der Waals surface area contributed by atoms with Crippen molar-refractivity contribution in [1.82, 2.24) is 20.3 Å². The first-order valence-electron chi connectivity index (χ1n) is 10.6. The van der Waals surface area contributed by atoms with Gasteiger partial charge in [-0.25, -0.2) is 0 Å². The molecule has 0 spiro atoms. The van der Waals surface area contributed by atoms with E-state index in [1.807, 2.05) is 24.9 Å². The SMILES string of the molecule is Cc1ccc(C(N)=O)cc1N(C)c1nc(NC2CCCC2)nc(N[C@@H]2CCNC2)n1. The Hall–Kier alpha value is -2.94. The normalized spacial score (nSPS) is 19.1. The molecule has 160 valence electrons. The van der Waals surface area contributed by atoms with Crippen LogP contribution in [-0.4, -0.2) is 53.1 Å². The molecule has 2 aromatic rings. The third kappa shape index (κ3) is 4.62. The Balaban J connectivity index is 1.66. The second kappa shape index (κ2) is 8.83. The Bertz CT molecular complexity index is 870. The minimum Gasteiger partial charge on any atom is -0.366 e. The van der Waals surface area contributed by atoms with E-state index in [1.54, 1.807) is 12.1 Å². The van der Waals surface area contributed by atoms with Crippen LogP contribution in [-0.2, 0) is 0 Å². The molecule has 2 heterocycles. The summed E-state index contributed by atoms with van der Waals surface area (Å²) in [6.45, 7) is 3.86. The minimum absolute atomic E-state index is 0.296. The summed E-state index contributed by atoms with van der Waals surface area (Å²) in [7, 11) is 1.89. The molecular formula is C21H30N8O. The van der Waals surface area contributed by atoms with E-state index >= 15 is 0 Å². The van der Waals surface area contributed by atoms with Gasteiger partial charge in [-0.2, -0.15) is 15.0 Å². The number of carbonyl (C=O) groups excluding carboxylic acids is 1. The van der Waals surface area contributed by atoms with Crippen molar-refractivity contribution in [3.63, 3.8) is 0 Å². The highest BCUT2D eigenvalue weighted by Crippen LogP contribution is 2.28. The van der Waals surface area contributed by atoms with Gasteiger partial charge in [0.15, 0.2) is 0 Å². The molecule has 1 saturated heterocycles. The van der Waals surface area contributed by atoms with Crippen LogP contribution in [0.15, 0.2) is 18.2 Å².